The number of nitrogens with zero attached hydrogens (tertiary/aromatic N) is 1. The van der Waals surface area contributed by atoms with E-state index in [9.17, 15) is 9.59 Å². The highest BCUT2D eigenvalue weighted by Gasteiger charge is 2.56. The molecule has 1 fully saturated rings. The summed E-state index contributed by atoms with van der Waals surface area (Å²) < 4.78 is 0. The molecule has 1 aromatic carbocycles. The summed E-state index contributed by atoms with van der Waals surface area (Å²) in [5.74, 6) is -0.301. The monoisotopic (exact) mass is 331 g/mol. The fourth-order valence-electron chi connectivity index (χ4n) is 2.45. The molecule has 1 aliphatic carbocycles. The van der Waals surface area contributed by atoms with E-state index in [1.165, 1.54) is 0 Å². The summed E-state index contributed by atoms with van der Waals surface area (Å²) in [7, 11) is 0. The van der Waals surface area contributed by atoms with Crippen LogP contribution in [0.25, 0.3) is 0 Å². The van der Waals surface area contributed by atoms with Crippen molar-refractivity contribution in [3.8, 4) is 0 Å². The summed E-state index contributed by atoms with van der Waals surface area (Å²) in [5.41, 5.74) is 10.6. The maximum absolute atomic E-state index is 12.3. The number of benzene rings is 1. The van der Waals surface area contributed by atoms with E-state index in [-0.39, 0.29) is 17.8 Å². The summed E-state index contributed by atoms with van der Waals surface area (Å²) >= 11 is 0. The Hall–Kier alpha value is -2.57. The molecule has 24 heavy (non-hydrogen) atoms. The van der Waals surface area contributed by atoms with Gasteiger partial charge in [0.05, 0.1) is 0 Å². The van der Waals surface area contributed by atoms with E-state index in [1.807, 2.05) is 30.3 Å². The van der Waals surface area contributed by atoms with E-state index in [4.69, 9.17) is 11.5 Å². The fourth-order valence-corrected chi connectivity index (χ4v) is 2.45. The predicted octanol–water partition coefficient (Wildman–Crippen LogP) is 0.253. The Bertz CT molecular complexity index is 592. The summed E-state index contributed by atoms with van der Waals surface area (Å²) in [6.45, 7) is 1.50. The van der Waals surface area contributed by atoms with Gasteiger partial charge in [0.1, 0.15) is 5.41 Å². The lowest BCUT2D eigenvalue weighted by atomic mass is 10.0. The Morgan fingerprint density at radius 2 is 1.71 bits per heavy atom. The minimum absolute atomic E-state index is 0.0751. The quantitative estimate of drug-likeness (QED) is 0.224. The van der Waals surface area contributed by atoms with Gasteiger partial charge in [0, 0.05) is 19.6 Å². The van der Waals surface area contributed by atoms with Gasteiger partial charge in [0.25, 0.3) is 0 Å². The molecule has 0 spiro atoms. The second kappa shape index (κ2) is 8.33. The van der Waals surface area contributed by atoms with Crippen LogP contribution in [0.1, 0.15) is 31.2 Å². The lowest BCUT2D eigenvalue weighted by molar-refractivity contribution is -0.137. The number of hydrogen-bond acceptors (Lipinski definition) is 3. The van der Waals surface area contributed by atoms with Crippen molar-refractivity contribution in [3.63, 3.8) is 0 Å². The maximum atomic E-state index is 12.3. The summed E-state index contributed by atoms with van der Waals surface area (Å²) in [6.07, 6.45) is 2.76. The van der Waals surface area contributed by atoms with Gasteiger partial charge in [-0.05, 0) is 31.2 Å². The number of rotatable bonds is 9. The van der Waals surface area contributed by atoms with Crippen molar-refractivity contribution in [1.82, 2.24) is 10.6 Å². The lowest BCUT2D eigenvalue weighted by Gasteiger charge is -2.15. The van der Waals surface area contributed by atoms with Gasteiger partial charge in [0.15, 0.2) is 5.96 Å². The lowest BCUT2D eigenvalue weighted by Crippen LogP contribution is -2.43. The highest BCUT2D eigenvalue weighted by atomic mass is 16.2. The van der Waals surface area contributed by atoms with Crippen LogP contribution in [0.2, 0.25) is 0 Å². The molecule has 7 nitrogen and oxygen atoms in total. The molecule has 2 amide bonds. The molecular formula is C17H25N5O2. The van der Waals surface area contributed by atoms with Gasteiger partial charge in [-0.15, -0.1) is 0 Å². The average Bonchev–Trinajstić information content (AvgIpc) is 3.38. The minimum Gasteiger partial charge on any atom is -0.370 e. The molecule has 0 unspecified atom stereocenters. The third-order valence-corrected chi connectivity index (χ3v) is 4.08. The summed E-state index contributed by atoms with van der Waals surface area (Å²) in [4.78, 5) is 28.5. The second-order valence-corrected chi connectivity index (χ2v) is 6.02. The van der Waals surface area contributed by atoms with Crippen LogP contribution in [0.15, 0.2) is 35.3 Å². The molecule has 0 saturated heterocycles. The van der Waals surface area contributed by atoms with E-state index in [1.54, 1.807) is 0 Å². The van der Waals surface area contributed by atoms with Crippen LogP contribution in [0.4, 0.5) is 0 Å². The van der Waals surface area contributed by atoms with E-state index >= 15 is 0 Å². The molecule has 0 radical (unpaired) electrons. The van der Waals surface area contributed by atoms with Crippen LogP contribution >= 0.6 is 0 Å². The Kier molecular flexibility index (Phi) is 6.17. The van der Waals surface area contributed by atoms with Crippen molar-refractivity contribution in [3.05, 3.63) is 35.9 Å². The van der Waals surface area contributed by atoms with Crippen LogP contribution in [-0.4, -0.2) is 30.9 Å². The first-order chi connectivity index (χ1) is 11.5. The number of unbranched alkanes of at least 4 members (excludes halogenated alkanes) is 1. The van der Waals surface area contributed by atoms with Crippen molar-refractivity contribution >= 4 is 17.8 Å². The second-order valence-electron chi connectivity index (χ2n) is 6.02. The van der Waals surface area contributed by atoms with Crippen molar-refractivity contribution in [2.45, 2.75) is 32.2 Å². The highest BCUT2D eigenvalue weighted by molar-refractivity contribution is 6.07. The van der Waals surface area contributed by atoms with Gasteiger partial charge in [-0.25, -0.2) is 0 Å². The normalized spacial score (nSPS) is 14.5. The zero-order valence-electron chi connectivity index (χ0n) is 13.8. The number of nitrogens with one attached hydrogen (secondary N) is 2. The number of carbonyl (C=O) groups is 2. The summed E-state index contributed by atoms with van der Waals surface area (Å²) in [5, 5.41) is 5.70. The van der Waals surface area contributed by atoms with Gasteiger partial charge in [-0.2, -0.15) is 0 Å². The van der Waals surface area contributed by atoms with Crippen LogP contribution < -0.4 is 22.1 Å². The van der Waals surface area contributed by atoms with Crippen molar-refractivity contribution in [1.29, 1.82) is 0 Å². The van der Waals surface area contributed by atoms with Crippen molar-refractivity contribution in [2.75, 3.05) is 13.1 Å². The van der Waals surface area contributed by atoms with E-state index in [0.29, 0.717) is 32.5 Å². The average molecular weight is 331 g/mol. The van der Waals surface area contributed by atoms with Crippen LogP contribution in [-0.2, 0) is 16.1 Å². The Morgan fingerprint density at radius 3 is 2.33 bits per heavy atom. The van der Waals surface area contributed by atoms with Gasteiger partial charge < -0.3 is 22.1 Å². The first-order valence-corrected chi connectivity index (χ1v) is 8.20. The number of guanidine groups is 1. The Morgan fingerprint density at radius 1 is 1.04 bits per heavy atom. The zero-order chi connectivity index (χ0) is 17.4. The van der Waals surface area contributed by atoms with Gasteiger partial charge >= 0.3 is 0 Å². The first-order valence-electron chi connectivity index (χ1n) is 8.20. The van der Waals surface area contributed by atoms with Crippen LogP contribution in [0, 0.1) is 5.41 Å². The fraction of sp³-hybridized carbons (Fsp3) is 0.471. The largest absolute Gasteiger partial charge is 0.370 e. The zero-order valence-corrected chi connectivity index (χ0v) is 13.8. The van der Waals surface area contributed by atoms with Gasteiger partial charge in [-0.3, -0.25) is 14.6 Å². The van der Waals surface area contributed by atoms with Crippen molar-refractivity contribution < 1.29 is 9.59 Å². The van der Waals surface area contributed by atoms with E-state index in [2.05, 4.69) is 15.6 Å². The standard InChI is InChI=1S/C17H25N5O2/c18-16(19)21-11-5-4-10-20-14(23)17(8-9-17)15(24)22-12-13-6-2-1-3-7-13/h1-3,6-7H,4-5,8-12H2,(H,20,23)(H,22,24)(H4,18,19,21). The number of amides is 2. The van der Waals surface area contributed by atoms with Gasteiger partial charge in [0.2, 0.25) is 11.8 Å². The number of nitrogens with two attached hydrogens (primary N) is 2. The highest BCUT2D eigenvalue weighted by Crippen LogP contribution is 2.46. The molecule has 1 aliphatic rings. The SMILES string of the molecule is NC(N)=NCCCCNC(=O)C1(C(=O)NCc2ccccc2)CC1. The topological polar surface area (TPSA) is 123 Å². The molecule has 0 atom stereocenters. The third kappa shape index (κ3) is 4.97. The molecule has 7 heteroatoms. The summed E-state index contributed by atoms with van der Waals surface area (Å²) in [6, 6.07) is 9.65. The van der Waals surface area contributed by atoms with Crippen LogP contribution in [0.5, 0.6) is 0 Å². The molecule has 130 valence electrons. The maximum Gasteiger partial charge on any atom is 0.235 e. The molecular weight excluding hydrogens is 306 g/mol. The number of carbonyl (C=O) groups excluding carboxylic acids is 2. The molecule has 1 saturated carbocycles. The minimum atomic E-state index is -0.880. The van der Waals surface area contributed by atoms with E-state index in [0.717, 1.165) is 18.4 Å². The smallest absolute Gasteiger partial charge is 0.235 e. The molecule has 0 bridgehead atoms. The molecule has 6 N–H and O–H groups in total. The molecule has 0 aromatic heterocycles. The van der Waals surface area contributed by atoms with E-state index < -0.39 is 5.41 Å². The predicted molar refractivity (Wildman–Crippen MR) is 92.9 cm³/mol. The molecule has 2 rings (SSSR count). The van der Waals surface area contributed by atoms with Crippen LogP contribution in [0.3, 0.4) is 0 Å². The first kappa shape index (κ1) is 17.8. The Labute approximate surface area is 141 Å². The molecule has 0 aliphatic heterocycles. The number of aliphatic imine (C=N–C) groups is 1. The Balaban J connectivity index is 1.70. The van der Waals surface area contributed by atoms with Crippen molar-refractivity contribution in [2.24, 2.45) is 21.9 Å². The third-order valence-electron chi connectivity index (χ3n) is 4.08. The van der Waals surface area contributed by atoms with Gasteiger partial charge in [-0.1, -0.05) is 30.3 Å². The molecule has 0 heterocycles. The number of hydrogen-bond donors (Lipinski definition) is 4. The molecule has 1 aromatic rings.